The van der Waals surface area contributed by atoms with Crippen LogP contribution in [-0.4, -0.2) is 43.4 Å². The van der Waals surface area contributed by atoms with Crippen molar-refractivity contribution in [2.24, 2.45) is 0 Å². The SMILES string of the molecule is COc1cc(C)c(F)c(COc2cnc(Nc3ccc(N4CCOCC4)c(F)c3)nc2)c1F. The van der Waals surface area contributed by atoms with Gasteiger partial charge < -0.3 is 24.4 Å². The van der Waals surface area contributed by atoms with Gasteiger partial charge in [-0.25, -0.2) is 23.1 Å². The van der Waals surface area contributed by atoms with Crippen molar-refractivity contribution in [3.05, 3.63) is 65.2 Å². The van der Waals surface area contributed by atoms with Crippen molar-refractivity contribution in [2.45, 2.75) is 13.5 Å². The van der Waals surface area contributed by atoms with E-state index in [0.717, 1.165) is 0 Å². The number of hydrogen-bond donors (Lipinski definition) is 1. The molecule has 1 fully saturated rings. The minimum atomic E-state index is -0.817. The van der Waals surface area contributed by atoms with Crippen LogP contribution in [0, 0.1) is 24.4 Å². The van der Waals surface area contributed by atoms with Crippen LogP contribution in [0.4, 0.5) is 30.5 Å². The van der Waals surface area contributed by atoms with Crippen LogP contribution < -0.4 is 19.7 Å². The molecule has 0 aliphatic carbocycles. The topological polar surface area (TPSA) is 68.7 Å². The van der Waals surface area contributed by atoms with Gasteiger partial charge in [0.1, 0.15) is 18.2 Å². The summed E-state index contributed by atoms with van der Waals surface area (Å²) in [5.74, 6) is -1.50. The summed E-state index contributed by atoms with van der Waals surface area (Å²) in [5, 5.41) is 2.92. The molecule has 10 heteroatoms. The summed E-state index contributed by atoms with van der Waals surface area (Å²) in [4.78, 5) is 10.2. The van der Waals surface area contributed by atoms with Gasteiger partial charge in [0, 0.05) is 18.8 Å². The summed E-state index contributed by atoms with van der Waals surface area (Å²) in [5.41, 5.74) is 0.995. The highest BCUT2D eigenvalue weighted by Crippen LogP contribution is 2.28. The summed E-state index contributed by atoms with van der Waals surface area (Å²) in [6, 6.07) is 6.08. The molecule has 1 aliphatic rings. The lowest BCUT2D eigenvalue weighted by Gasteiger charge is -2.29. The number of nitrogens with one attached hydrogen (secondary N) is 1. The van der Waals surface area contributed by atoms with Crippen molar-refractivity contribution in [1.29, 1.82) is 0 Å². The molecular weight excluding hydrogens is 437 g/mol. The molecule has 174 valence electrons. The fourth-order valence-electron chi connectivity index (χ4n) is 3.47. The zero-order valence-electron chi connectivity index (χ0n) is 18.2. The van der Waals surface area contributed by atoms with E-state index in [4.69, 9.17) is 14.2 Å². The highest BCUT2D eigenvalue weighted by atomic mass is 19.1. The molecule has 0 bridgehead atoms. The Balaban J connectivity index is 1.40. The summed E-state index contributed by atoms with van der Waals surface area (Å²) >= 11 is 0. The van der Waals surface area contributed by atoms with Crippen LogP contribution in [-0.2, 0) is 11.3 Å². The molecule has 0 radical (unpaired) electrons. The largest absolute Gasteiger partial charge is 0.494 e. The number of anilines is 3. The van der Waals surface area contributed by atoms with Crippen molar-refractivity contribution in [1.82, 2.24) is 9.97 Å². The quantitative estimate of drug-likeness (QED) is 0.562. The Morgan fingerprint density at radius 2 is 1.79 bits per heavy atom. The average molecular weight is 460 g/mol. The lowest BCUT2D eigenvalue weighted by molar-refractivity contribution is 0.122. The van der Waals surface area contributed by atoms with Crippen LogP contribution in [0.2, 0.25) is 0 Å². The normalized spacial score (nSPS) is 13.7. The highest BCUT2D eigenvalue weighted by Gasteiger charge is 2.18. The number of methoxy groups -OCH3 is 1. The van der Waals surface area contributed by atoms with Gasteiger partial charge in [-0.3, -0.25) is 0 Å². The Kier molecular flexibility index (Phi) is 6.83. The molecule has 3 aromatic rings. The van der Waals surface area contributed by atoms with Gasteiger partial charge in [-0.15, -0.1) is 0 Å². The van der Waals surface area contributed by atoms with E-state index in [1.807, 2.05) is 4.90 Å². The fourth-order valence-corrected chi connectivity index (χ4v) is 3.47. The molecule has 2 aromatic carbocycles. The summed E-state index contributed by atoms with van der Waals surface area (Å²) in [6.45, 7) is 3.56. The van der Waals surface area contributed by atoms with E-state index in [1.54, 1.807) is 12.1 Å². The monoisotopic (exact) mass is 460 g/mol. The molecule has 0 unspecified atom stereocenters. The molecule has 2 heterocycles. The minimum absolute atomic E-state index is 0.0600. The lowest BCUT2D eigenvalue weighted by atomic mass is 10.1. The van der Waals surface area contributed by atoms with Crippen molar-refractivity contribution in [3.8, 4) is 11.5 Å². The zero-order valence-corrected chi connectivity index (χ0v) is 18.2. The second kappa shape index (κ2) is 9.95. The second-order valence-corrected chi connectivity index (χ2v) is 7.42. The van der Waals surface area contributed by atoms with Gasteiger partial charge in [-0.1, -0.05) is 0 Å². The molecule has 33 heavy (non-hydrogen) atoms. The maximum Gasteiger partial charge on any atom is 0.227 e. The third-order valence-electron chi connectivity index (χ3n) is 5.23. The molecular formula is C23H23F3N4O3. The van der Waals surface area contributed by atoms with Gasteiger partial charge >= 0.3 is 0 Å². The smallest absolute Gasteiger partial charge is 0.227 e. The molecule has 1 N–H and O–H groups in total. The van der Waals surface area contributed by atoms with Crippen LogP contribution in [0.3, 0.4) is 0 Å². The lowest BCUT2D eigenvalue weighted by Crippen LogP contribution is -2.36. The Bertz CT molecular complexity index is 1120. The first kappa shape index (κ1) is 22.7. The predicted octanol–water partition coefficient (Wildman–Crippen LogP) is 4.37. The van der Waals surface area contributed by atoms with Crippen molar-refractivity contribution in [2.75, 3.05) is 43.6 Å². The number of halogens is 3. The summed E-state index contributed by atoms with van der Waals surface area (Å²) in [7, 11) is 1.31. The number of rotatable bonds is 7. The van der Waals surface area contributed by atoms with Crippen LogP contribution in [0.15, 0.2) is 36.7 Å². The van der Waals surface area contributed by atoms with Crippen LogP contribution in [0.1, 0.15) is 11.1 Å². The Hall–Kier alpha value is -3.53. The first-order chi connectivity index (χ1) is 16.0. The Morgan fingerprint density at radius 3 is 2.45 bits per heavy atom. The number of morpholine rings is 1. The van der Waals surface area contributed by atoms with E-state index in [2.05, 4.69) is 15.3 Å². The molecule has 0 amide bonds. The average Bonchev–Trinajstić information content (AvgIpc) is 2.83. The van der Waals surface area contributed by atoms with Crippen LogP contribution in [0.25, 0.3) is 0 Å². The summed E-state index contributed by atoms with van der Waals surface area (Å²) < 4.78 is 58.9. The van der Waals surface area contributed by atoms with Gasteiger partial charge in [0.15, 0.2) is 17.3 Å². The van der Waals surface area contributed by atoms with Gasteiger partial charge in [0.05, 0.1) is 44.0 Å². The van der Waals surface area contributed by atoms with Crippen LogP contribution >= 0.6 is 0 Å². The van der Waals surface area contributed by atoms with Gasteiger partial charge in [0.25, 0.3) is 0 Å². The van der Waals surface area contributed by atoms with E-state index in [0.29, 0.717) is 37.7 Å². The number of aromatic nitrogens is 2. The maximum absolute atomic E-state index is 14.6. The molecule has 7 nitrogen and oxygen atoms in total. The number of nitrogens with zero attached hydrogens (tertiary/aromatic N) is 3. The highest BCUT2D eigenvalue weighted by molar-refractivity contribution is 5.60. The summed E-state index contributed by atoms with van der Waals surface area (Å²) in [6.07, 6.45) is 2.72. The van der Waals surface area contributed by atoms with Crippen molar-refractivity contribution < 1.29 is 27.4 Å². The van der Waals surface area contributed by atoms with Gasteiger partial charge in [-0.05, 0) is 36.8 Å². The van der Waals surface area contributed by atoms with Crippen molar-refractivity contribution in [3.63, 3.8) is 0 Å². The predicted molar refractivity (Wildman–Crippen MR) is 117 cm³/mol. The number of hydrogen-bond acceptors (Lipinski definition) is 7. The molecule has 1 saturated heterocycles. The zero-order chi connectivity index (χ0) is 23.4. The van der Waals surface area contributed by atoms with E-state index in [9.17, 15) is 13.2 Å². The number of ether oxygens (including phenoxy) is 3. The van der Waals surface area contributed by atoms with Gasteiger partial charge in [0.2, 0.25) is 5.95 Å². The Morgan fingerprint density at radius 1 is 1.06 bits per heavy atom. The molecule has 1 aromatic heterocycles. The van der Waals surface area contributed by atoms with E-state index >= 15 is 0 Å². The first-order valence-corrected chi connectivity index (χ1v) is 10.3. The third kappa shape index (κ3) is 5.11. The Labute approximate surface area is 189 Å². The van der Waals surface area contributed by atoms with E-state index in [1.165, 1.54) is 38.6 Å². The van der Waals surface area contributed by atoms with Gasteiger partial charge in [-0.2, -0.15) is 0 Å². The number of benzene rings is 2. The van der Waals surface area contributed by atoms with Crippen molar-refractivity contribution >= 4 is 17.3 Å². The standard InChI is InChI=1S/C23H23F3N4O3/c1-14-9-20(31-2)22(26)17(21(14)25)13-33-16-11-27-23(28-12-16)29-15-3-4-19(18(24)10-15)30-5-7-32-8-6-30/h3-4,9-12H,5-8,13H2,1-2H3,(H,27,28,29). The molecule has 1 aliphatic heterocycles. The minimum Gasteiger partial charge on any atom is -0.494 e. The third-order valence-corrected chi connectivity index (χ3v) is 5.23. The molecule has 4 rings (SSSR count). The van der Waals surface area contributed by atoms with E-state index < -0.39 is 11.6 Å². The van der Waals surface area contributed by atoms with Crippen LogP contribution in [0.5, 0.6) is 11.5 Å². The first-order valence-electron chi connectivity index (χ1n) is 10.3. The molecule has 0 atom stereocenters. The molecule has 0 saturated carbocycles. The van der Waals surface area contributed by atoms with E-state index in [-0.39, 0.29) is 41.0 Å². The number of aryl methyl sites for hydroxylation is 1. The second-order valence-electron chi connectivity index (χ2n) is 7.42. The molecule has 0 spiro atoms. The maximum atomic E-state index is 14.6. The fraction of sp³-hybridized carbons (Fsp3) is 0.304.